The number of rotatable bonds is 7. The van der Waals surface area contributed by atoms with E-state index >= 15 is 0 Å². The molecule has 7 nitrogen and oxygen atoms in total. The van der Waals surface area contributed by atoms with Crippen LogP contribution < -0.4 is 24.4 Å². The molecule has 158 valence electrons. The number of para-hydroxylation sites is 2. The molecule has 1 aliphatic rings. The van der Waals surface area contributed by atoms with Gasteiger partial charge in [0.05, 0.1) is 26.5 Å². The molecule has 0 radical (unpaired) electrons. The summed E-state index contributed by atoms with van der Waals surface area (Å²) in [6.45, 7) is 2.68. The van der Waals surface area contributed by atoms with Crippen LogP contribution in [0, 0.1) is 0 Å². The Bertz CT molecular complexity index is 941. The van der Waals surface area contributed by atoms with Gasteiger partial charge in [0.15, 0.2) is 17.6 Å². The van der Waals surface area contributed by atoms with Gasteiger partial charge in [0, 0.05) is 12.6 Å². The molecular weight excluding hydrogens is 384 g/mol. The molecule has 2 aromatic rings. The van der Waals surface area contributed by atoms with E-state index in [2.05, 4.69) is 5.32 Å². The van der Waals surface area contributed by atoms with Crippen molar-refractivity contribution in [3.8, 4) is 17.2 Å². The minimum atomic E-state index is -0.759. The highest BCUT2D eigenvalue weighted by Crippen LogP contribution is 2.33. The molecule has 7 heteroatoms. The third-order valence-corrected chi connectivity index (χ3v) is 4.71. The molecule has 30 heavy (non-hydrogen) atoms. The van der Waals surface area contributed by atoms with Crippen molar-refractivity contribution in [2.24, 2.45) is 0 Å². The Morgan fingerprint density at radius 3 is 2.67 bits per heavy atom. The average Bonchev–Trinajstić information content (AvgIpc) is 2.79. The molecule has 0 unspecified atom stereocenters. The molecule has 0 aromatic heterocycles. The van der Waals surface area contributed by atoms with Crippen LogP contribution in [0.3, 0.4) is 0 Å². The second-order valence-corrected chi connectivity index (χ2v) is 6.76. The molecule has 0 saturated heterocycles. The highest BCUT2D eigenvalue weighted by molar-refractivity contribution is 6.05. The van der Waals surface area contributed by atoms with Crippen molar-refractivity contribution in [1.82, 2.24) is 5.32 Å². The number of hydrogen-bond donors (Lipinski definition) is 1. The van der Waals surface area contributed by atoms with Crippen molar-refractivity contribution in [3.63, 3.8) is 0 Å². The summed E-state index contributed by atoms with van der Waals surface area (Å²) in [5, 5.41) is 2.83. The lowest BCUT2D eigenvalue weighted by atomic mass is 10.1. The number of nitrogens with zero attached hydrogens (tertiary/aromatic N) is 1. The molecule has 0 saturated carbocycles. The summed E-state index contributed by atoms with van der Waals surface area (Å²) in [5.74, 6) is 1.23. The first-order valence-electron chi connectivity index (χ1n) is 9.82. The number of benzene rings is 2. The smallest absolute Gasteiger partial charge is 0.262 e. The van der Waals surface area contributed by atoms with Crippen LogP contribution in [0.2, 0.25) is 0 Å². The molecule has 0 spiro atoms. The van der Waals surface area contributed by atoms with Gasteiger partial charge in [0.25, 0.3) is 11.8 Å². The van der Waals surface area contributed by atoms with Crippen molar-refractivity contribution in [1.29, 1.82) is 0 Å². The van der Waals surface area contributed by atoms with Crippen molar-refractivity contribution < 1.29 is 23.8 Å². The number of hydrogen-bond acceptors (Lipinski definition) is 5. The van der Waals surface area contributed by atoms with Crippen molar-refractivity contribution in [2.75, 3.05) is 32.2 Å². The van der Waals surface area contributed by atoms with Crippen LogP contribution in [0.15, 0.2) is 48.5 Å². The Kier molecular flexibility index (Phi) is 6.95. The second-order valence-electron chi connectivity index (χ2n) is 6.76. The van der Waals surface area contributed by atoms with Gasteiger partial charge in [-0.3, -0.25) is 9.59 Å². The Morgan fingerprint density at radius 1 is 1.17 bits per heavy atom. The van der Waals surface area contributed by atoms with E-state index in [0.717, 1.165) is 12.0 Å². The molecule has 2 amide bonds. The highest BCUT2D eigenvalue weighted by atomic mass is 16.5. The van der Waals surface area contributed by atoms with Crippen LogP contribution in [-0.2, 0) is 9.59 Å². The first-order chi connectivity index (χ1) is 14.6. The normalized spacial score (nSPS) is 15.3. The number of amides is 2. The van der Waals surface area contributed by atoms with Crippen LogP contribution >= 0.6 is 0 Å². The van der Waals surface area contributed by atoms with Crippen LogP contribution in [0.1, 0.15) is 18.9 Å². The molecular formula is C23H26N2O5. The van der Waals surface area contributed by atoms with E-state index < -0.39 is 6.10 Å². The van der Waals surface area contributed by atoms with Gasteiger partial charge in [0.2, 0.25) is 0 Å². The Morgan fingerprint density at radius 2 is 1.93 bits per heavy atom. The predicted molar refractivity (Wildman–Crippen MR) is 115 cm³/mol. The van der Waals surface area contributed by atoms with E-state index in [9.17, 15) is 9.59 Å². The first kappa shape index (κ1) is 21.2. The lowest BCUT2D eigenvalue weighted by Gasteiger charge is -2.33. The van der Waals surface area contributed by atoms with E-state index in [1.807, 2.05) is 25.1 Å². The summed E-state index contributed by atoms with van der Waals surface area (Å²) in [7, 11) is 3.13. The van der Waals surface area contributed by atoms with E-state index in [4.69, 9.17) is 14.2 Å². The van der Waals surface area contributed by atoms with Gasteiger partial charge < -0.3 is 24.4 Å². The van der Waals surface area contributed by atoms with Gasteiger partial charge in [-0.2, -0.15) is 0 Å². The number of nitrogens with one attached hydrogen (secondary N) is 1. The average molecular weight is 410 g/mol. The van der Waals surface area contributed by atoms with E-state index in [-0.39, 0.29) is 18.4 Å². The summed E-state index contributed by atoms with van der Waals surface area (Å²) in [5.41, 5.74) is 1.43. The maximum atomic E-state index is 13.0. The third-order valence-electron chi connectivity index (χ3n) is 4.71. The molecule has 2 aromatic carbocycles. The number of carbonyl (C=O) groups is 2. The minimum absolute atomic E-state index is 0.141. The zero-order chi connectivity index (χ0) is 21.5. The summed E-state index contributed by atoms with van der Waals surface area (Å²) < 4.78 is 16.4. The van der Waals surface area contributed by atoms with E-state index in [1.165, 1.54) is 6.08 Å². The molecule has 1 heterocycles. The number of ether oxygens (including phenoxy) is 3. The lowest BCUT2D eigenvalue weighted by Crippen LogP contribution is -2.50. The van der Waals surface area contributed by atoms with Crippen LogP contribution in [0.25, 0.3) is 6.08 Å². The Balaban J connectivity index is 1.81. The monoisotopic (exact) mass is 410 g/mol. The van der Waals surface area contributed by atoms with Crippen LogP contribution in [0.5, 0.6) is 17.2 Å². The zero-order valence-corrected chi connectivity index (χ0v) is 17.4. The first-order valence-corrected chi connectivity index (χ1v) is 9.82. The van der Waals surface area contributed by atoms with Crippen LogP contribution in [0.4, 0.5) is 5.69 Å². The highest BCUT2D eigenvalue weighted by Gasteiger charge is 2.32. The van der Waals surface area contributed by atoms with Gasteiger partial charge in [-0.15, -0.1) is 0 Å². The van der Waals surface area contributed by atoms with Gasteiger partial charge in [-0.25, -0.2) is 0 Å². The number of anilines is 1. The standard InChI is InChI=1S/C23H26N2O5/c1-4-13-24-23(27)21-15-25(17-7-5-6-8-18(17)30-21)22(26)12-10-16-9-11-19(28-2)20(14-16)29-3/h5-12,14,21H,4,13,15H2,1-3H3,(H,24,27)/b12-10+/t21-/m0/s1. The topological polar surface area (TPSA) is 77.1 Å². The maximum Gasteiger partial charge on any atom is 0.262 e. The van der Waals surface area contributed by atoms with Crippen molar-refractivity contribution >= 4 is 23.6 Å². The number of methoxy groups -OCH3 is 2. The third kappa shape index (κ3) is 4.74. The lowest BCUT2D eigenvalue weighted by molar-refractivity contribution is -0.128. The molecule has 1 aliphatic heterocycles. The fourth-order valence-corrected chi connectivity index (χ4v) is 3.16. The van der Waals surface area contributed by atoms with Gasteiger partial charge >= 0.3 is 0 Å². The molecule has 1 N–H and O–H groups in total. The fourth-order valence-electron chi connectivity index (χ4n) is 3.16. The second kappa shape index (κ2) is 9.82. The molecule has 0 bridgehead atoms. The molecule has 3 rings (SSSR count). The zero-order valence-electron chi connectivity index (χ0n) is 17.4. The van der Waals surface area contributed by atoms with E-state index in [0.29, 0.717) is 29.5 Å². The van der Waals surface area contributed by atoms with Crippen molar-refractivity contribution in [3.05, 3.63) is 54.1 Å². The Hall–Kier alpha value is -3.48. The molecule has 1 atom stereocenters. The summed E-state index contributed by atoms with van der Waals surface area (Å²) >= 11 is 0. The molecule has 0 fully saturated rings. The van der Waals surface area contributed by atoms with Crippen molar-refractivity contribution in [2.45, 2.75) is 19.4 Å². The predicted octanol–water partition coefficient (Wildman–Crippen LogP) is 3.04. The van der Waals surface area contributed by atoms with Gasteiger partial charge in [0.1, 0.15) is 5.75 Å². The quantitative estimate of drug-likeness (QED) is 0.710. The summed E-state index contributed by atoms with van der Waals surface area (Å²) in [4.78, 5) is 27.0. The Labute approximate surface area is 176 Å². The van der Waals surface area contributed by atoms with E-state index in [1.54, 1.807) is 49.5 Å². The summed E-state index contributed by atoms with van der Waals surface area (Å²) in [6.07, 6.45) is 3.25. The van der Waals surface area contributed by atoms with Gasteiger partial charge in [-0.1, -0.05) is 25.1 Å². The summed E-state index contributed by atoms with van der Waals surface area (Å²) in [6, 6.07) is 12.6. The van der Waals surface area contributed by atoms with Crippen LogP contribution in [-0.4, -0.2) is 45.2 Å². The maximum absolute atomic E-state index is 13.0. The fraction of sp³-hybridized carbons (Fsp3) is 0.304. The molecule has 0 aliphatic carbocycles. The minimum Gasteiger partial charge on any atom is -0.493 e. The van der Waals surface area contributed by atoms with Gasteiger partial charge in [-0.05, 0) is 42.3 Å². The largest absolute Gasteiger partial charge is 0.493 e. The number of fused-ring (bicyclic) bond motifs is 1. The SMILES string of the molecule is CCCNC(=O)[C@@H]1CN(C(=O)/C=C/c2ccc(OC)c(OC)c2)c2ccccc2O1. The number of carbonyl (C=O) groups excluding carboxylic acids is 2.